The van der Waals surface area contributed by atoms with Crippen LogP contribution in [0.4, 0.5) is 0 Å². The van der Waals surface area contributed by atoms with E-state index in [1.165, 1.54) is 27.7 Å². The van der Waals surface area contributed by atoms with Crippen LogP contribution < -0.4 is 5.73 Å². The molecule has 1 aromatic carbocycles. The summed E-state index contributed by atoms with van der Waals surface area (Å²) in [7, 11) is 0. The molecule has 0 aliphatic heterocycles. The molecule has 3 heteroatoms. The van der Waals surface area contributed by atoms with Gasteiger partial charge in [-0.3, -0.25) is 0 Å². The zero-order valence-electron chi connectivity index (χ0n) is 12.2. The Kier molecular flexibility index (Phi) is 4.61. The average molecular weight is 260 g/mol. The maximum absolute atomic E-state index is 5.72. The molecule has 1 heterocycles. The Morgan fingerprint density at radius 2 is 2.00 bits per heavy atom. The second-order valence-electron chi connectivity index (χ2n) is 5.03. The summed E-state index contributed by atoms with van der Waals surface area (Å²) in [6.45, 7) is 9.62. The Hall–Kier alpha value is -1.32. The highest BCUT2D eigenvalue weighted by atomic mass is 16.5. The van der Waals surface area contributed by atoms with Crippen molar-refractivity contribution in [1.82, 2.24) is 4.57 Å². The molecule has 0 saturated heterocycles. The van der Waals surface area contributed by atoms with Gasteiger partial charge in [0.2, 0.25) is 0 Å². The van der Waals surface area contributed by atoms with Crippen molar-refractivity contribution < 1.29 is 4.74 Å². The van der Waals surface area contributed by atoms with Crippen molar-refractivity contribution in [2.24, 2.45) is 5.73 Å². The first-order chi connectivity index (χ1) is 9.19. The molecule has 1 aromatic heterocycles. The molecule has 0 bridgehead atoms. The van der Waals surface area contributed by atoms with Gasteiger partial charge in [0.05, 0.1) is 6.61 Å². The smallest absolute Gasteiger partial charge is 0.0645 e. The van der Waals surface area contributed by atoms with Gasteiger partial charge >= 0.3 is 0 Å². The van der Waals surface area contributed by atoms with Crippen LogP contribution in [0.25, 0.3) is 10.9 Å². The second kappa shape index (κ2) is 6.22. The molecule has 0 aliphatic rings. The summed E-state index contributed by atoms with van der Waals surface area (Å²) in [5.41, 5.74) is 10.9. The monoisotopic (exact) mass is 260 g/mol. The SMILES string of the molecule is CCCOCCn1c(C)c(C)c2cc(CN)ccc21. The highest BCUT2D eigenvalue weighted by Gasteiger charge is 2.10. The maximum atomic E-state index is 5.72. The summed E-state index contributed by atoms with van der Waals surface area (Å²) in [5, 5.41) is 1.32. The van der Waals surface area contributed by atoms with Crippen LogP contribution in [0.2, 0.25) is 0 Å². The van der Waals surface area contributed by atoms with Crippen molar-refractivity contribution in [3.8, 4) is 0 Å². The number of ether oxygens (including phenoxy) is 1. The standard InChI is InChI=1S/C16H24N2O/c1-4-8-19-9-7-18-13(3)12(2)15-10-14(11-17)5-6-16(15)18/h5-6,10H,4,7-9,11,17H2,1-3H3. The number of hydrogen-bond acceptors (Lipinski definition) is 2. The van der Waals surface area contributed by atoms with Gasteiger partial charge in [0, 0.05) is 36.3 Å². The summed E-state index contributed by atoms with van der Waals surface area (Å²) < 4.78 is 7.95. The summed E-state index contributed by atoms with van der Waals surface area (Å²) in [5.74, 6) is 0. The van der Waals surface area contributed by atoms with E-state index in [0.29, 0.717) is 6.54 Å². The second-order valence-corrected chi connectivity index (χ2v) is 5.03. The molecule has 2 aromatic rings. The molecule has 0 amide bonds. The molecule has 2 rings (SSSR count). The molecule has 0 spiro atoms. The molecule has 0 aliphatic carbocycles. The van der Waals surface area contributed by atoms with E-state index < -0.39 is 0 Å². The van der Waals surface area contributed by atoms with Crippen molar-refractivity contribution in [1.29, 1.82) is 0 Å². The van der Waals surface area contributed by atoms with Gasteiger partial charge in [0.1, 0.15) is 0 Å². The van der Waals surface area contributed by atoms with Crippen molar-refractivity contribution >= 4 is 10.9 Å². The van der Waals surface area contributed by atoms with E-state index in [9.17, 15) is 0 Å². The van der Waals surface area contributed by atoms with Gasteiger partial charge in [-0.15, -0.1) is 0 Å². The van der Waals surface area contributed by atoms with Crippen LogP contribution in [-0.2, 0) is 17.8 Å². The summed E-state index contributed by atoms with van der Waals surface area (Å²) in [6.07, 6.45) is 1.07. The number of aromatic nitrogens is 1. The highest BCUT2D eigenvalue weighted by Crippen LogP contribution is 2.26. The van der Waals surface area contributed by atoms with Gasteiger partial charge in [-0.25, -0.2) is 0 Å². The van der Waals surface area contributed by atoms with Crippen molar-refractivity contribution in [2.45, 2.75) is 40.3 Å². The quantitative estimate of drug-likeness (QED) is 0.811. The number of benzene rings is 1. The largest absolute Gasteiger partial charge is 0.380 e. The Balaban J connectivity index is 2.30. The first kappa shape index (κ1) is 14.1. The lowest BCUT2D eigenvalue weighted by molar-refractivity contribution is 0.127. The lowest BCUT2D eigenvalue weighted by atomic mass is 10.1. The molecular formula is C16H24N2O. The third-order valence-corrected chi connectivity index (χ3v) is 3.75. The predicted octanol–water partition coefficient (Wildman–Crippen LogP) is 3.14. The van der Waals surface area contributed by atoms with Crippen LogP contribution in [0.3, 0.4) is 0 Å². The predicted molar refractivity (Wildman–Crippen MR) is 80.4 cm³/mol. The number of nitrogens with two attached hydrogens (primary N) is 1. The first-order valence-electron chi connectivity index (χ1n) is 7.05. The third kappa shape index (κ3) is 2.82. The third-order valence-electron chi connectivity index (χ3n) is 3.75. The molecule has 19 heavy (non-hydrogen) atoms. The Morgan fingerprint density at radius 3 is 2.68 bits per heavy atom. The Morgan fingerprint density at radius 1 is 1.21 bits per heavy atom. The number of rotatable bonds is 6. The normalized spacial score (nSPS) is 11.4. The average Bonchev–Trinajstić information content (AvgIpc) is 2.67. The number of fused-ring (bicyclic) bond motifs is 1. The molecule has 2 N–H and O–H groups in total. The van der Waals surface area contributed by atoms with Gasteiger partial charge < -0.3 is 15.0 Å². The summed E-state index contributed by atoms with van der Waals surface area (Å²) in [4.78, 5) is 0. The van der Waals surface area contributed by atoms with Crippen LogP contribution in [0.15, 0.2) is 18.2 Å². The minimum Gasteiger partial charge on any atom is -0.380 e. The van der Waals surface area contributed by atoms with Gasteiger partial charge in [0.15, 0.2) is 0 Å². The van der Waals surface area contributed by atoms with Gasteiger partial charge in [-0.2, -0.15) is 0 Å². The van der Waals surface area contributed by atoms with Crippen LogP contribution in [-0.4, -0.2) is 17.8 Å². The summed E-state index contributed by atoms with van der Waals surface area (Å²) in [6, 6.07) is 6.50. The van der Waals surface area contributed by atoms with E-state index in [0.717, 1.165) is 26.2 Å². The van der Waals surface area contributed by atoms with E-state index in [1.807, 2.05) is 0 Å². The minimum atomic E-state index is 0.596. The Labute approximate surface area is 115 Å². The van der Waals surface area contributed by atoms with E-state index in [-0.39, 0.29) is 0 Å². The van der Waals surface area contributed by atoms with E-state index >= 15 is 0 Å². The van der Waals surface area contributed by atoms with E-state index in [2.05, 4.69) is 43.5 Å². The molecule has 0 unspecified atom stereocenters. The fraction of sp³-hybridized carbons (Fsp3) is 0.500. The zero-order valence-corrected chi connectivity index (χ0v) is 12.2. The molecule has 0 atom stereocenters. The minimum absolute atomic E-state index is 0.596. The molecule has 3 nitrogen and oxygen atoms in total. The molecular weight excluding hydrogens is 236 g/mol. The molecule has 0 radical (unpaired) electrons. The Bertz CT molecular complexity index is 557. The van der Waals surface area contributed by atoms with Gasteiger partial charge in [-0.05, 0) is 43.5 Å². The highest BCUT2D eigenvalue weighted by molar-refractivity contribution is 5.86. The van der Waals surface area contributed by atoms with Crippen molar-refractivity contribution in [3.05, 3.63) is 35.0 Å². The fourth-order valence-electron chi connectivity index (χ4n) is 2.51. The first-order valence-corrected chi connectivity index (χ1v) is 7.05. The number of hydrogen-bond donors (Lipinski definition) is 1. The molecule has 0 fully saturated rings. The number of nitrogens with zero attached hydrogens (tertiary/aromatic N) is 1. The van der Waals surface area contributed by atoms with Crippen LogP contribution >= 0.6 is 0 Å². The van der Waals surface area contributed by atoms with E-state index in [1.54, 1.807) is 0 Å². The van der Waals surface area contributed by atoms with Crippen molar-refractivity contribution in [2.75, 3.05) is 13.2 Å². The van der Waals surface area contributed by atoms with Gasteiger partial charge in [0.25, 0.3) is 0 Å². The summed E-state index contributed by atoms with van der Waals surface area (Å²) >= 11 is 0. The molecule has 0 saturated carbocycles. The van der Waals surface area contributed by atoms with Gasteiger partial charge in [-0.1, -0.05) is 13.0 Å². The lowest BCUT2D eigenvalue weighted by Gasteiger charge is -2.09. The van der Waals surface area contributed by atoms with Crippen LogP contribution in [0.1, 0.15) is 30.2 Å². The van der Waals surface area contributed by atoms with E-state index in [4.69, 9.17) is 10.5 Å². The topological polar surface area (TPSA) is 40.2 Å². The maximum Gasteiger partial charge on any atom is 0.0645 e. The zero-order chi connectivity index (χ0) is 13.8. The van der Waals surface area contributed by atoms with Crippen molar-refractivity contribution in [3.63, 3.8) is 0 Å². The molecule has 104 valence electrons. The lowest BCUT2D eigenvalue weighted by Crippen LogP contribution is -2.08. The number of aryl methyl sites for hydroxylation is 1. The van der Waals surface area contributed by atoms with Crippen LogP contribution in [0.5, 0.6) is 0 Å². The van der Waals surface area contributed by atoms with Crippen LogP contribution in [0, 0.1) is 13.8 Å². The fourth-order valence-corrected chi connectivity index (χ4v) is 2.51.